The van der Waals surface area contributed by atoms with Crippen molar-refractivity contribution in [2.45, 2.75) is 33.4 Å². The van der Waals surface area contributed by atoms with Crippen LogP contribution in [0.3, 0.4) is 0 Å². The van der Waals surface area contributed by atoms with Gasteiger partial charge in [0.1, 0.15) is 5.69 Å². The van der Waals surface area contributed by atoms with E-state index in [9.17, 15) is 0 Å². The van der Waals surface area contributed by atoms with E-state index in [1.54, 1.807) is 0 Å². The van der Waals surface area contributed by atoms with Gasteiger partial charge in [0.05, 0.1) is 12.1 Å². The van der Waals surface area contributed by atoms with Crippen LogP contribution in [-0.4, -0.2) is 21.2 Å². The van der Waals surface area contributed by atoms with Crippen LogP contribution in [-0.2, 0) is 6.54 Å². The van der Waals surface area contributed by atoms with E-state index in [0.717, 1.165) is 22.2 Å². The number of aromatic nitrogens is 3. The number of hydrogen-bond acceptors (Lipinski definition) is 5. The monoisotopic (exact) mass is 282 g/mol. The number of pyridine rings is 1. The zero-order chi connectivity index (χ0) is 14.8. The molecular weight excluding hydrogens is 264 g/mol. The van der Waals surface area contributed by atoms with Gasteiger partial charge in [-0.1, -0.05) is 37.2 Å². The second-order valence-electron chi connectivity index (χ2n) is 5.39. The van der Waals surface area contributed by atoms with E-state index in [-0.39, 0.29) is 0 Å². The van der Waals surface area contributed by atoms with Crippen molar-refractivity contribution in [3.05, 3.63) is 41.8 Å². The quantitative estimate of drug-likeness (QED) is 0.796. The minimum absolute atomic E-state index is 0.376. The fourth-order valence-corrected chi connectivity index (χ4v) is 2.19. The van der Waals surface area contributed by atoms with Gasteiger partial charge in [-0.2, -0.15) is 4.98 Å². The second kappa shape index (κ2) is 5.61. The third kappa shape index (κ3) is 2.92. The molecule has 0 atom stereocenters. The van der Waals surface area contributed by atoms with Crippen LogP contribution < -0.4 is 5.32 Å². The maximum atomic E-state index is 5.26. The lowest BCUT2D eigenvalue weighted by atomic mass is 10.1. The Hall–Kier alpha value is -2.27. The Labute approximate surface area is 123 Å². The predicted molar refractivity (Wildman–Crippen MR) is 81.7 cm³/mol. The van der Waals surface area contributed by atoms with E-state index in [2.05, 4.69) is 47.3 Å². The molecule has 5 heteroatoms. The van der Waals surface area contributed by atoms with E-state index in [1.165, 1.54) is 0 Å². The smallest absolute Gasteiger partial charge is 0.240 e. The first-order valence-corrected chi connectivity index (χ1v) is 7.06. The van der Waals surface area contributed by atoms with Crippen molar-refractivity contribution < 1.29 is 4.52 Å². The van der Waals surface area contributed by atoms with Gasteiger partial charge in [0.2, 0.25) is 11.7 Å². The third-order valence-corrected chi connectivity index (χ3v) is 3.28. The van der Waals surface area contributed by atoms with Gasteiger partial charge in [-0.15, -0.1) is 0 Å². The molecule has 3 rings (SSSR count). The van der Waals surface area contributed by atoms with Crippen LogP contribution in [0.5, 0.6) is 0 Å². The maximum Gasteiger partial charge on any atom is 0.240 e. The highest BCUT2D eigenvalue weighted by Gasteiger charge is 2.12. The van der Waals surface area contributed by atoms with Gasteiger partial charge < -0.3 is 9.84 Å². The highest BCUT2D eigenvalue weighted by Crippen LogP contribution is 2.22. The molecule has 0 aliphatic rings. The highest BCUT2D eigenvalue weighted by molar-refractivity contribution is 5.84. The van der Waals surface area contributed by atoms with Crippen molar-refractivity contribution in [2.75, 3.05) is 0 Å². The summed E-state index contributed by atoms with van der Waals surface area (Å²) >= 11 is 0. The number of nitrogens with one attached hydrogen (secondary N) is 1. The summed E-state index contributed by atoms with van der Waals surface area (Å²) in [4.78, 5) is 9.01. The lowest BCUT2D eigenvalue weighted by Crippen LogP contribution is -2.21. The lowest BCUT2D eigenvalue weighted by Gasteiger charge is -2.03. The number of rotatable bonds is 4. The lowest BCUT2D eigenvalue weighted by molar-refractivity contribution is 0.362. The third-order valence-electron chi connectivity index (χ3n) is 3.28. The van der Waals surface area contributed by atoms with Gasteiger partial charge in [-0.3, -0.25) is 0 Å². The molecule has 0 unspecified atom stereocenters. The van der Waals surface area contributed by atoms with Crippen LogP contribution in [0.1, 0.15) is 25.3 Å². The molecule has 0 bridgehead atoms. The summed E-state index contributed by atoms with van der Waals surface area (Å²) in [6.45, 7) is 6.78. The fourth-order valence-electron chi connectivity index (χ4n) is 2.19. The first-order chi connectivity index (χ1) is 10.1. The van der Waals surface area contributed by atoms with E-state index in [4.69, 9.17) is 4.52 Å². The van der Waals surface area contributed by atoms with E-state index in [0.29, 0.717) is 24.3 Å². The molecular formula is C16H18N4O. The summed E-state index contributed by atoms with van der Waals surface area (Å²) in [5.74, 6) is 1.11. The van der Waals surface area contributed by atoms with Gasteiger partial charge in [0, 0.05) is 11.4 Å². The van der Waals surface area contributed by atoms with Crippen LogP contribution in [0, 0.1) is 6.92 Å². The highest BCUT2D eigenvalue weighted by atomic mass is 16.5. The molecule has 108 valence electrons. The van der Waals surface area contributed by atoms with Crippen molar-refractivity contribution in [1.82, 2.24) is 20.4 Å². The second-order valence-corrected chi connectivity index (χ2v) is 5.39. The van der Waals surface area contributed by atoms with Gasteiger partial charge >= 0.3 is 0 Å². The van der Waals surface area contributed by atoms with Crippen molar-refractivity contribution in [3.63, 3.8) is 0 Å². The van der Waals surface area contributed by atoms with Crippen molar-refractivity contribution in [3.8, 4) is 11.5 Å². The number of aryl methyl sites for hydroxylation is 1. The number of para-hydroxylation sites is 1. The average Bonchev–Trinajstić information content (AvgIpc) is 2.94. The molecule has 3 aromatic rings. The Morgan fingerprint density at radius 2 is 2.00 bits per heavy atom. The predicted octanol–water partition coefficient (Wildman–Crippen LogP) is 3.09. The molecule has 0 spiro atoms. The van der Waals surface area contributed by atoms with Crippen LogP contribution in [0.4, 0.5) is 0 Å². The Morgan fingerprint density at radius 3 is 2.81 bits per heavy atom. The minimum Gasteiger partial charge on any atom is -0.337 e. The van der Waals surface area contributed by atoms with E-state index >= 15 is 0 Å². The SMILES string of the molecule is Cc1cc(-c2noc(CNC(C)C)n2)nc2ccccc12. The molecule has 0 fully saturated rings. The molecule has 0 amide bonds. The Balaban J connectivity index is 1.93. The van der Waals surface area contributed by atoms with Crippen LogP contribution in [0.2, 0.25) is 0 Å². The number of nitrogens with zero attached hydrogens (tertiary/aromatic N) is 3. The number of benzene rings is 1. The zero-order valence-electron chi connectivity index (χ0n) is 12.4. The van der Waals surface area contributed by atoms with Gasteiger partial charge in [-0.05, 0) is 24.6 Å². The first kappa shape index (κ1) is 13.7. The maximum absolute atomic E-state index is 5.26. The standard InChI is InChI=1S/C16H18N4O/c1-10(2)17-9-15-19-16(20-21-15)14-8-11(3)12-6-4-5-7-13(12)18-14/h4-8,10,17H,9H2,1-3H3. The molecule has 2 heterocycles. The van der Waals surface area contributed by atoms with E-state index in [1.807, 2.05) is 24.3 Å². The summed E-state index contributed by atoms with van der Waals surface area (Å²) in [6.07, 6.45) is 0. The largest absolute Gasteiger partial charge is 0.337 e. The molecule has 0 saturated carbocycles. The molecule has 0 aliphatic carbocycles. The fraction of sp³-hybridized carbons (Fsp3) is 0.312. The van der Waals surface area contributed by atoms with E-state index < -0.39 is 0 Å². The topological polar surface area (TPSA) is 63.8 Å². The van der Waals surface area contributed by atoms with Crippen molar-refractivity contribution in [2.24, 2.45) is 0 Å². The Morgan fingerprint density at radius 1 is 1.19 bits per heavy atom. The molecule has 21 heavy (non-hydrogen) atoms. The van der Waals surface area contributed by atoms with Gasteiger partial charge in [0.15, 0.2) is 0 Å². The summed E-state index contributed by atoms with van der Waals surface area (Å²) < 4.78 is 5.26. The van der Waals surface area contributed by atoms with Gasteiger partial charge in [-0.25, -0.2) is 4.98 Å². The average molecular weight is 282 g/mol. The molecule has 5 nitrogen and oxygen atoms in total. The minimum atomic E-state index is 0.376. The number of hydrogen-bond donors (Lipinski definition) is 1. The molecule has 2 aromatic heterocycles. The van der Waals surface area contributed by atoms with Crippen LogP contribution in [0.15, 0.2) is 34.9 Å². The summed E-state index contributed by atoms with van der Waals surface area (Å²) in [6, 6.07) is 10.4. The Kier molecular flexibility index (Phi) is 3.66. The zero-order valence-corrected chi connectivity index (χ0v) is 12.4. The molecule has 0 aliphatic heterocycles. The molecule has 0 radical (unpaired) electrons. The number of fused-ring (bicyclic) bond motifs is 1. The van der Waals surface area contributed by atoms with Crippen LogP contribution >= 0.6 is 0 Å². The normalized spacial score (nSPS) is 11.4. The molecule has 1 N–H and O–H groups in total. The molecule has 0 saturated heterocycles. The summed E-state index contributed by atoms with van der Waals surface area (Å²) in [5, 5.41) is 8.42. The van der Waals surface area contributed by atoms with Crippen molar-refractivity contribution >= 4 is 10.9 Å². The Bertz CT molecular complexity index is 764. The summed E-state index contributed by atoms with van der Waals surface area (Å²) in [7, 11) is 0. The van der Waals surface area contributed by atoms with Crippen molar-refractivity contribution in [1.29, 1.82) is 0 Å². The first-order valence-electron chi connectivity index (χ1n) is 7.06. The van der Waals surface area contributed by atoms with Crippen LogP contribution in [0.25, 0.3) is 22.4 Å². The summed E-state index contributed by atoms with van der Waals surface area (Å²) in [5.41, 5.74) is 2.84. The molecule has 1 aromatic carbocycles. The van der Waals surface area contributed by atoms with Gasteiger partial charge in [0.25, 0.3) is 0 Å².